The number of hydrogen-bond donors (Lipinski definition) is 4. The van der Waals surface area contributed by atoms with Gasteiger partial charge in [-0.2, -0.15) is 16.4 Å². The Morgan fingerprint density at radius 2 is 1.89 bits per heavy atom. The molecule has 178 valence electrons. The Hall–Kier alpha value is -4.08. The van der Waals surface area contributed by atoms with Crippen LogP contribution >= 0.6 is 11.3 Å². The average molecular weight is 494 g/mol. The number of anilines is 1. The van der Waals surface area contributed by atoms with Gasteiger partial charge in [0.05, 0.1) is 40.7 Å². The van der Waals surface area contributed by atoms with Crippen LogP contribution in [0.4, 0.5) is 5.69 Å². The molecule has 0 bridgehead atoms. The first-order valence-electron chi connectivity index (χ1n) is 12.0. The predicted octanol–water partition coefficient (Wildman–Crippen LogP) is 5.82. The van der Waals surface area contributed by atoms with Crippen LogP contribution in [-0.4, -0.2) is 41.5 Å². The van der Waals surface area contributed by atoms with Crippen molar-refractivity contribution in [3.05, 3.63) is 65.9 Å². The van der Waals surface area contributed by atoms with Gasteiger partial charge in [0, 0.05) is 51.1 Å². The molecule has 6 heterocycles. The van der Waals surface area contributed by atoms with Gasteiger partial charge in [0.25, 0.3) is 0 Å². The molecule has 4 N–H and O–H groups in total. The summed E-state index contributed by atoms with van der Waals surface area (Å²) in [5, 5.41) is 27.5. The molecule has 0 radical (unpaired) electrons. The van der Waals surface area contributed by atoms with Gasteiger partial charge in [-0.05, 0) is 48.6 Å². The van der Waals surface area contributed by atoms with Crippen LogP contribution in [0.1, 0.15) is 19.3 Å². The van der Waals surface area contributed by atoms with Gasteiger partial charge >= 0.3 is 0 Å². The highest BCUT2D eigenvalue weighted by molar-refractivity contribution is 7.08. The number of rotatable bonds is 6. The minimum absolute atomic E-state index is 0.309. The van der Waals surface area contributed by atoms with E-state index in [1.54, 1.807) is 29.9 Å². The molecular formula is C27H23N7OS. The molecule has 1 fully saturated rings. The molecule has 1 unspecified atom stereocenters. The summed E-state index contributed by atoms with van der Waals surface area (Å²) in [6.45, 7) is 0. The van der Waals surface area contributed by atoms with E-state index in [2.05, 4.69) is 58.3 Å². The molecule has 9 heteroatoms. The van der Waals surface area contributed by atoms with Crippen LogP contribution in [0.15, 0.2) is 65.9 Å². The molecule has 0 aromatic carbocycles. The second-order valence-electron chi connectivity index (χ2n) is 9.25. The van der Waals surface area contributed by atoms with Crippen LogP contribution in [0.5, 0.6) is 0 Å². The molecule has 0 saturated heterocycles. The molecule has 0 amide bonds. The maximum absolute atomic E-state index is 10.4. The molecule has 36 heavy (non-hydrogen) atoms. The molecule has 7 rings (SSSR count). The van der Waals surface area contributed by atoms with Crippen molar-refractivity contribution in [1.29, 1.82) is 0 Å². The Balaban J connectivity index is 1.26. The second-order valence-corrected chi connectivity index (χ2v) is 10.0. The van der Waals surface area contributed by atoms with Crippen molar-refractivity contribution in [3.8, 4) is 33.9 Å². The van der Waals surface area contributed by atoms with Gasteiger partial charge in [0.15, 0.2) is 0 Å². The largest absolute Gasteiger partial charge is 0.374 e. The van der Waals surface area contributed by atoms with Gasteiger partial charge < -0.3 is 15.4 Å². The van der Waals surface area contributed by atoms with Crippen molar-refractivity contribution in [2.75, 3.05) is 5.32 Å². The Kier molecular flexibility index (Phi) is 5.04. The molecule has 1 saturated carbocycles. The quantitative estimate of drug-likeness (QED) is 0.217. The number of hydrogen-bond acceptors (Lipinski definition) is 7. The lowest BCUT2D eigenvalue weighted by Gasteiger charge is -2.31. The number of thiophene rings is 1. The van der Waals surface area contributed by atoms with Crippen LogP contribution < -0.4 is 5.32 Å². The minimum atomic E-state index is -0.554. The van der Waals surface area contributed by atoms with Crippen LogP contribution in [0.2, 0.25) is 0 Å². The van der Waals surface area contributed by atoms with E-state index in [0.717, 1.165) is 74.2 Å². The first kappa shape index (κ1) is 21.2. The lowest BCUT2D eigenvalue weighted by atomic mass is 9.84. The Morgan fingerprint density at radius 3 is 2.72 bits per heavy atom. The van der Waals surface area contributed by atoms with E-state index in [1.165, 1.54) is 6.42 Å². The van der Waals surface area contributed by atoms with Crippen molar-refractivity contribution < 1.29 is 5.11 Å². The number of aromatic nitrogens is 6. The lowest BCUT2D eigenvalue weighted by Crippen LogP contribution is -2.33. The summed E-state index contributed by atoms with van der Waals surface area (Å²) in [4.78, 5) is 17.2. The van der Waals surface area contributed by atoms with Crippen molar-refractivity contribution >= 4 is 38.8 Å². The zero-order valence-electron chi connectivity index (χ0n) is 19.3. The first-order valence-corrected chi connectivity index (χ1v) is 12.9. The normalized spacial score (nSPS) is 14.8. The van der Waals surface area contributed by atoms with Crippen molar-refractivity contribution in [2.24, 2.45) is 5.92 Å². The summed E-state index contributed by atoms with van der Waals surface area (Å²) in [5.74, 6) is 0.309. The zero-order valence-corrected chi connectivity index (χ0v) is 20.1. The highest BCUT2D eigenvalue weighted by atomic mass is 32.1. The van der Waals surface area contributed by atoms with Crippen LogP contribution in [0, 0.1) is 5.92 Å². The van der Waals surface area contributed by atoms with Crippen molar-refractivity contribution in [3.63, 3.8) is 0 Å². The second kappa shape index (κ2) is 8.54. The molecule has 1 aliphatic rings. The number of fused-ring (bicyclic) bond motifs is 2. The fraction of sp³-hybridized carbons (Fsp3) is 0.185. The zero-order chi connectivity index (χ0) is 24.1. The lowest BCUT2D eigenvalue weighted by molar-refractivity contribution is 0.0851. The molecule has 1 atom stereocenters. The summed E-state index contributed by atoms with van der Waals surface area (Å²) in [6, 6.07) is 10.2. The van der Waals surface area contributed by atoms with Gasteiger partial charge in [-0.3, -0.25) is 20.1 Å². The number of aliphatic hydroxyl groups excluding tert-OH is 1. The molecule has 6 aromatic rings. The maximum Gasteiger partial charge on any atom is 0.127 e. The Morgan fingerprint density at radius 1 is 0.972 bits per heavy atom. The minimum Gasteiger partial charge on any atom is -0.374 e. The van der Waals surface area contributed by atoms with Crippen LogP contribution in [-0.2, 0) is 0 Å². The number of H-pyrrole nitrogens is 2. The summed E-state index contributed by atoms with van der Waals surface area (Å²) in [5.41, 5.74) is 8.11. The highest BCUT2D eigenvalue weighted by Gasteiger charge is 2.25. The third-order valence-electron chi connectivity index (χ3n) is 6.99. The van der Waals surface area contributed by atoms with E-state index in [1.807, 2.05) is 24.4 Å². The van der Waals surface area contributed by atoms with Gasteiger partial charge in [-0.1, -0.05) is 6.42 Å². The fourth-order valence-electron chi connectivity index (χ4n) is 4.79. The highest BCUT2D eigenvalue weighted by Crippen LogP contribution is 2.35. The Labute approximate surface area is 210 Å². The van der Waals surface area contributed by atoms with Crippen molar-refractivity contribution in [1.82, 2.24) is 30.1 Å². The number of aromatic amines is 2. The van der Waals surface area contributed by atoms with E-state index in [4.69, 9.17) is 0 Å². The number of nitrogens with zero attached hydrogens (tertiary/aromatic N) is 4. The third-order valence-corrected chi connectivity index (χ3v) is 7.67. The first-order chi connectivity index (χ1) is 17.7. The predicted molar refractivity (Wildman–Crippen MR) is 142 cm³/mol. The van der Waals surface area contributed by atoms with E-state index in [-0.39, 0.29) is 0 Å². The van der Waals surface area contributed by atoms with Gasteiger partial charge in [0.2, 0.25) is 0 Å². The SMILES string of the molecule is OC(Nc1cncc(-c2cc3c(-c4cc5c(-c6ccsc6)nccc5[nH]4)n[nH]c3cn2)c1)C1CCC1. The monoisotopic (exact) mass is 493 g/mol. The molecule has 6 aromatic heterocycles. The third kappa shape index (κ3) is 3.64. The summed E-state index contributed by atoms with van der Waals surface area (Å²) < 4.78 is 0. The molecule has 0 aliphatic heterocycles. The standard InChI is InChI=1S/C27H23N7OS/c35-27(15-2-1-3-15)31-18-8-17(11-28-12-18)22-9-20-24(13-30-22)33-34-26(20)23-10-19-21(32-23)4-6-29-25(19)16-5-7-36-14-16/h4-15,27,31-32,35H,1-3H2,(H,33,34). The van der Waals surface area contributed by atoms with Gasteiger partial charge in [-0.25, -0.2) is 0 Å². The van der Waals surface area contributed by atoms with E-state index < -0.39 is 6.23 Å². The topological polar surface area (TPSA) is 115 Å². The van der Waals surface area contributed by atoms with Crippen LogP contribution in [0.3, 0.4) is 0 Å². The van der Waals surface area contributed by atoms with Gasteiger partial charge in [-0.15, -0.1) is 0 Å². The van der Waals surface area contributed by atoms with Crippen molar-refractivity contribution in [2.45, 2.75) is 25.5 Å². The number of pyridine rings is 3. The molecule has 1 aliphatic carbocycles. The summed E-state index contributed by atoms with van der Waals surface area (Å²) >= 11 is 1.66. The van der Waals surface area contributed by atoms with Crippen LogP contribution in [0.25, 0.3) is 55.7 Å². The number of aliphatic hydroxyl groups is 1. The van der Waals surface area contributed by atoms with E-state index in [9.17, 15) is 5.11 Å². The number of nitrogens with one attached hydrogen (secondary N) is 3. The van der Waals surface area contributed by atoms with E-state index in [0.29, 0.717) is 5.92 Å². The molecular weight excluding hydrogens is 470 g/mol. The van der Waals surface area contributed by atoms with E-state index >= 15 is 0 Å². The fourth-order valence-corrected chi connectivity index (χ4v) is 5.43. The Bertz CT molecular complexity index is 1680. The molecule has 0 spiro atoms. The summed E-state index contributed by atoms with van der Waals surface area (Å²) in [6.07, 6.45) is 9.89. The average Bonchev–Trinajstić information content (AvgIpc) is 3.61. The van der Waals surface area contributed by atoms with Gasteiger partial charge in [0.1, 0.15) is 11.9 Å². The maximum atomic E-state index is 10.4. The molecule has 8 nitrogen and oxygen atoms in total. The smallest absolute Gasteiger partial charge is 0.127 e. The summed E-state index contributed by atoms with van der Waals surface area (Å²) in [7, 11) is 0.